The van der Waals surface area contributed by atoms with Crippen molar-refractivity contribution in [2.75, 3.05) is 6.54 Å². The lowest BCUT2D eigenvalue weighted by Crippen LogP contribution is -2.32. The second kappa shape index (κ2) is 6.04. The highest BCUT2D eigenvalue weighted by Gasteiger charge is 2.20. The lowest BCUT2D eigenvalue weighted by atomic mass is 9.89. The maximum Gasteiger partial charge on any atom is 0.0217 e. The normalized spacial score (nSPS) is 11.7. The summed E-state index contributed by atoms with van der Waals surface area (Å²) in [5.74, 6) is 0. The zero-order valence-electron chi connectivity index (χ0n) is 11.7. The largest absolute Gasteiger partial charge is 0.365 e. The number of rotatable bonds is 6. The van der Waals surface area contributed by atoms with Gasteiger partial charge in [-0.3, -0.25) is 0 Å². The molecule has 0 spiro atoms. The van der Waals surface area contributed by atoms with Crippen molar-refractivity contribution in [1.82, 2.24) is 10.3 Å². The Kier molecular flexibility index (Phi) is 4.40. The van der Waals surface area contributed by atoms with Gasteiger partial charge in [0, 0.05) is 36.9 Å². The summed E-state index contributed by atoms with van der Waals surface area (Å²) in [7, 11) is 0. The van der Waals surface area contributed by atoms with Gasteiger partial charge in [-0.1, -0.05) is 38.1 Å². The van der Waals surface area contributed by atoms with Crippen molar-refractivity contribution in [3.63, 3.8) is 0 Å². The number of H-pyrrole nitrogens is 1. The quantitative estimate of drug-likeness (QED) is 0.745. The van der Waals surface area contributed by atoms with Crippen LogP contribution < -0.4 is 11.1 Å². The van der Waals surface area contributed by atoms with Gasteiger partial charge < -0.3 is 16.0 Å². The summed E-state index contributed by atoms with van der Waals surface area (Å²) < 4.78 is 0. The molecular weight excluding hydrogens is 234 g/mol. The van der Waals surface area contributed by atoms with Crippen molar-refractivity contribution in [1.29, 1.82) is 0 Å². The third kappa shape index (κ3) is 3.69. The van der Waals surface area contributed by atoms with Gasteiger partial charge in [0.15, 0.2) is 0 Å². The molecular formula is C16H23N3. The predicted octanol–water partition coefficient (Wildman–Crippen LogP) is 2.54. The lowest BCUT2D eigenvalue weighted by molar-refractivity contribution is 0.459. The molecule has 0 radical (unpaired) electrons. The highest BCUT2D eigenvalue weighted by atomic mass is 14.9. The molecule has 0 unspecified atom stereocenters. The van der Waals surface area contributed by atoms with E-state index in [4.69, 9.17) is 5.73 Å². The molecule has 3 heteroatoms. The van der Waals surface area contributed by atoms with Crippen molar-refractivity contribution in [3.8, 4) is 0 Å². The summed E-state index contributed by atoms with van der Waals surface area (Å²) in [5, 5.41) is 3.52. The van der Waals surface area contributed by atoms with Gasteiger partial charge in [0.1, 0.15) is 0 Å². The summed E-state index contributed by atoms with van der Waals surface area (Å²) >= 11 is 0. The van der Waals surface area contributed by atoms with Crippen LogP contribution in [0.3, 0.4) is 0 Å². The van der Waals surface area contributed by atoms with Crippen LogP contribution in [0.2, 0.25) is 0 Å². The Hall–Kier alpha value is -1.58. The van der Waals surface area contributed by atoms with E-state index >= 15 is 0 Å². The third-order valence-electron chi connectivity index (χ3n) is 3.45. The van der Waals surface area contributed by atoms with Gasteiger partial charge in [0.2, 0.25) is 0 Å². The average Bonchev–Trinajstić information content (AvgIpc) is 2.93. The minimum Gasteiger partial charge on any atom is -0.365 e. The summed E-state index contributed by atoms with van der Waals surface area (Å²) in [6.07, 6.45) is 1.97. The van der Waals surface area contributed by atoms with Gasteiger partial charge in [-0.15, -0.1) is 0 Å². The number of hydrogen-bond acceptors (Lipinski definition) is 2. The maximum absolute atomic E-state index is 5.66. The molecule has 0 aliphatic rings. The van der Waals surface area contributed by atoms with E-state index in [1.807, 2.05) is 12.3 Å². The Morgan fingerprint density at radius 3 is 2.63 bits per heavy atom. The van der Waals surface area contributed by atoms with Gasteiger partial charge in [0.25, 0.3) is 0 Å². The first-order chi connectivity index (χ1) is 9.12. The molecule has 0 aliphatic carbocycles. The Labute approximate surface area is 115 Å². The second-order valence-electron chi connectivity index (χ2n) is 5.60. The summed E-state index contributed by atoms with van der Waals surface area (Å²) in [6, 6.07) is 12.6. The summed E-state index contributed by atoms with van der Waals surface area (Å²) in [5.41, 5.74) is 9.49. The third-order valence-corrected chi connectivity index (χ3v) is 3.45. The minimum atomic E-state index is 0.106. The smallest absolute Gasteiger partial charge is 0.0217 e. The summed E-state index contributed by atoms with van der Waals surface area (Å²) in [6.45, 7) is 6.88. The molecule has 0 fully saturated rings. The first-order valence-electron chi connectivity index (χ1n) is 6.74. The van der Waals surface area contributed by atoms with Crippen LogP contribution in [0.25, 0.3) is 0 Å². The van der Waals surface area contributed by atoms with E-state index in [1.165, 1.54) is 16.8 Å². The van der Waals surface area contributed by atoms with Gasteiger partial charge in [-0.25, -0.2) is 0 Å². The monoisotopic (exact) mass is 257 g/mol. The fraction of sp³-hybridized carbons (Fsp3) is 0.375. The molecule has 0 bridgehead atoms. The van der Waals surface area contributed by atoms with Gasteiger partial charge in [-0.05, 0) is 23.3 Å². The molecule has 1 aromatic heterocycles. The van der Waals surface area contributed by atoms with Crippen LogP contribution >= 0.6 is 0 Å². The number of hydrogen-bond donors (Lipinski definition) is 3. The van der Waals surface area contributed by atoms with Crippen molar-refractivity contribution in [2.24, 2.45) is 5.73 Å². The van der Waals surface area contributed by atoms with E-state index in [2.05, 4.69) is 54.5 Å². The maximum atomic E-state index is 5.66. The zero-order valence-corrected chi connectivity index (χ0v) is 11.7. The van der Waals surface area contributed by atoms with Crippen molar-refractivity contribution in [3.05, 3.63) is 59.4 Å². The molecule has 1 aromatic carbocycles. The summed E-state index contributed by atoms with van der Waals surface area (Å²) in [4.78, 5) is 3.29. The average molecular weight is 257 g/mol. The van der Waals surface area contributed by atoms with Crippen molar-refractivity contribution < 1.29 is 0 Å². The van der Waals surface area contributed by atoms with Crippen LogP contribution in [-0.4, -0.2) is 11.5 Å². The van der Waals surface area contributed by atoms with E-state index in [0.29, 0.717) is 6.54 Å². The molecule has 0 atom stereocenters. The lowest BCUT2D eigenvalue weighted by Gasteiger charge is -2.24. The van der Waals surface area contributed by atoms with E-state index in [9.17, 15) is 0 Å². The first kappa shape index (κ1) is 13.8. The Morgan fingerprint density at radius 2 is 1.95 bits per heavy atom. The highest BCUT2D eigenvalue weighted by Crippen LogP contribution is 2.20. The molecule has 102 valence electrons. The molecule has 0 saturated heterocycles. The second-order valence-corrected chi connectivity index (χ2v) is 5.60. The van der Waals surface area contributed by atoms with Crippen molar-refractivity contribution >= 4 is 0 Å². The predicted molar refractivity (Wildman–Crippen MR) is 79.9 cm³/mol. The molecule has 3 nitrogen and oxygen atoms in total. The molecule has 2 aromatic rings. The topological polar surface area (TPSA) is 53.8 Å². The fourth-order valence-corrected chi connectivity index (χ4v) is 2.23. The van der Waals surface area contributed by atoms with Crippen LogP contribution in [0.1, 0.15) is 30.7 Å². The number of aromatic amines is 1. The number of nitrogens with one attached hydrogen (secondary N) is 2. The molecule has 0 saturated carbocycles. The first-order valence-corrected chi connectivity index (χ1v) is 6.74. The zero-order chi connectivity index (χ0) is 13.7. The van der Waals surface area contributed by atoms with E-state index in [1.54, 1.807) is 0 Å². The Balaban J connectivity index is 1.89. The van der Waals surface area contributed by atoms with E-state index in [0.717, 1.165) is 13.1 Å². The van der Waals surface area contributed by atoms with Gasteiger partial charge >= 0.3 is 0 Å². The molecule has 19 heavy (non-hydrogen) atoms. The van der Waals surface area contributed by atoms with E-state index in [-0.39, 0.29) is 5.41 Å². The minimum absolute atomic E-state index is 0.106. The highest BCUT2D eigenvalue weighted by molar-refractivity contribution is 5.23. The molecule has 4 N–H and O–H groups in total. The number of benzene rings is 1. The van der Waals surface area contributed by atoms with Crippen molar-refractivity contribution in [2.45, 2.75) is 32.4 Å². The van der Waals surface area contributed by atoms with Crippen LogP contribution in [-0.2, 0) is 18.5 Å². The fourth-order valence-electron chi connectivity index (χ4n) is 2.23. The van der Waals surface area contributed by atoms with Crippen LogP contribution in [0.4, 0.5) is 0 Å². The molecule has 2 rings (SSSR count). The Morgan fingerprint density at radius 1 is 1.16 bits per heavy atom. The molecule has 0 amide bonds. The van der Waals surface area contributed by atoms with Crippen LogP contribution in [0.5, 0.6) is 0 Å². The Bertz CT molecular complexity index is 500. The SMILES string of the molecule is CC(C)(CNCc1cccc(CN)c1)c1ccc[nH]1. The number of nitrogens with two attached hydrogens (primary N) is 1. The van der Waals surface area contributed by atoms with Gasteiger partial charge in [-0.2, -0.15) is 0 Å². The van der Waals surface area contributed by atoms with Gasteiger partial charge in [0.05, 0.1) is 0 Å². The number of aromatic nitrogens is 1. The molecule has 1 heterocycles. The molecule has 0 aliphatic heterocycles. The van der Waals surface area contributed by atoms with Crippen LogP contribution in [0, 0.1) is 0 Å². The standard InChI is InChI=1S/C16H23N3/c1-16(2,15-7-4-8-19-15)12-18-11-14-6-3-5-13(9-14)10-17/h3-9,18-19H,10-12,17H2,1-2H3. The van der Waals surface area contributed by atoms with E-state index < -0.39 is 0 Å². The van der Waals surface area contributed by atoms with Crippen LogP contribution in [0.15, 0.2) is 42.6 Å².